The average Bonchev–Trinajstić information content (AvgIpc) is 3.09. The van der Waals surface area contributed by atoms with Crippen LogP contribution in [0, 0.1) is 13.3 Å². The molecule has 3 aromatic carbocycles. The molecule has 0 atom stereocenters. The number of nitrogens with zero attached hydrogens (tertiary/aromatic N) is 1. The van der Waals surface area contributed by atoms with Crippen molar-refractivity contribution in [1.29, 1.82) is 0 Å². The first-order valence-corrected chi connectivity index (χ1v) is 9.05. The molecule has 0 aliphatic heterocycles. The van der Waals surface area contributed by atoms with Crippen LogP contribution in [-0.4, -0.2) is 4.98 Å². The fourth-order valence-corrected chi connectivity index (χ4v) is 3.03. The van der Waals surface area contributed by atoms with Crippen molar-refractivity contribution in [3.8, 4) is 22.6 Å². The molecule has 0 unspecified atom stereocenters. The van der Waals surface area contributed by atoms with Gasteiger partial charge in [0.2, 0.25) is 5.89 Å². The molecule has 1 heterocycles. The largest absolute Gasteiger partial charge is 0.441 e. The maximum Gasteiger partial charge on any atom is 0.416 e. The van der Waals surface area contributed by atoms with Crippen LogP contribution in [-0.2, 0) is 6.18 Å². The minimum atomic E-state index is -4.37. The first-order chi connectivity index (χ1) is 13.9. The minimum Gasteiger partial charge on any atom is -0.441 e. The van der Waals surface area contributed by atoms with Crippen LogP contribution in [0.2, 0.25) is 0 Å². The fraction of sp³-hybridized carbons (Fsp3) is 0.0833. The highest BCUT2D eigenvalue weighted by molar-refractivity contribution is 5.64. The zero-order chi connectivity index (χ0) is 20.4. The van der Waals surface area contributed by atoms with E-state index in [2.05, 4.69) is 17.1 Å². The highest BCUT2D eigenvalue weighted by Crippen LogP contribution is 2.31. The summed E-state index contributed by atoms with van der Waals surface area (Å²) in [6.45, 7) is 1.78. The van der Waals surface area contributed by atoms with Crippen LogP contribution in [0.5, 0.6) is 0 Å². The van der Waals surface area contributed by atoms with Gasteiger partial charge in [-0.3, -0.25) is 0 Å². The molecule has 29 heavy (non-hydrogen) atoms. The van der Waals surface area contributed by atoms with Crippen LogP contribution in [0.1, 0.15) is 22.6 Å². The fourth-order valence-electron chi connectivity index (χ4n) is 3.03. The summed E-state index contributed by atoms with van der Waals surface area (Å²) in [5, 5.41) is 0. The smallest absolute Gasteiger partial charge is 0.416 e. The molecule has 2 nitrogen and oxygen atoms in total. The highest BCUT2D eigenvalue weighted by Gasteiger charge is 2.30. The third-order valence-electron chi connectivity index (χ3n) is 4.61. The topological polar surface area (TPSA) is 26.0 Å². The van der Waals surface area contributed by atoms with Crippen molar-refractivity contribution < 1.29 is 17.6 Å². The summed E-state index contributed by atoms with van der Waals surface area (Å²) >= 11 is 0. The molecule has 1 aromatic heterocycles. The lowest BCUT2D eigenvalue weighted by molar-refractivity contribution is -0.137. The summed E-state index contributed by atoms with van der Waals surface area (Å²) in [6, 6.07) is 22.9. The van der Waals surface area contributed by atoms with Gasteiger partial charge < -0.3 is 4.42 Å². The lowest BCUT2D eigenvalue weighted by atomic mass is 10.0. The van der Waals surface area contributed by atoms with Gasteiger partial charge in [-0.25, -0.2) is 4.98 Å². The number of halogens is 3. The van der Waals surface area contributed by atoms with E-state index in [-0.39, 0.29) is 0 Å². The molecular weight excluding hydrogens is 375 g/mol. The van der Waals surface area contributed by atoms with Crippen molar-refractivity contribution in [2.75, 3.05) is 0 Å². The van der Waals surface area contributed by atoms with Crippen LogP contribution in [0.4, 0.5) is 13.2 Å². The van der Waals surface area contributed by atoms with E-state index in [0.717, 1.165) is 28.8 Å². The van der Waals surface area contributed by atoms with Crippen molar-refractivity contribution in [1.82, 2.24) is 4.98 Å². The first-order valence-electron chi connectivity index (χ1n) is 9.05. The van der Waals surface area contributed by atoms with Gasteiger partial charge in [-0.15, -0.1) is 0 Å². The summed E-state index contributed by atoms with van der Waals surface area (Å²) in [7, 11) is 0. The zero-order valence-corrected chi connectivity index (χ0v) is 15.6. The summed E-state index contributed by atoms with van der Waals surface area (Å²) in [5.41, 5.74) is 3.66. The Labute approximate surface area is 166 Å². The maximum atomic E-state index is 12.7. The van der Waals surface area contributed by atoms with Crippen molar-refractivity contribution in [3.05, 3.63) is 108 Å². The lowest BCUT2D eigenvalue weighted by Crippen LogP contribution is -2.03. The number of aryl methyl sites for hydroxylation is 1. The van der Waals surface area contributed by atoms with E-state index in [4.69, 9.17) is 4.42 Å². The second-order valence-corrected chi connectivity index (χ2v) is 6.67. The minimum absolute atomic E-state index is 0.295. The van der Waals surface area contributed by atoms with E-state index in [1.54, 1.807) is 6.92 Å². The number of benzene rings is 3. The molecule has 0 N–H and O–H groups in total. The number of alkyl halides is 3. The average molecular weight is 392 g/mol. The summed E-state index contributed by atoms with van der Waals surface area (Å²) < 4.78 is 43.8. The summed E-state index contributed by atoms with van der Waals surface area (Å²) in [5.74, 6) is 0.899. The standard InChI is InChI=1S/C24H17F3NO/c1-16-22(15-17-7-9-19(10-8-17)18-5-3-2-4-6-18)28-23(29-16)20-11-13-21(14-12-20)24(25,26)27/h2-15H,1H3. The number of hydrogen-bond donors (Lipinski definition) is 0. The van der Waals surface area contributed by atoms with E-state index in [1.807, 2.05) is 48.9 Å². The number of oxazole rings is 1. The van der Waals surface area contributed by atoms with Gasteiger partial charge in [0.25, 0.3) is 0 Å². The van der Waals surface area contributed by atoms with Gasteiger partial charge in [0.15, 0.2) is 0 Å². The molecule has 0 saturated heterocycles. The SMILES string of the molecule is Cc1oc(-c2ccc(C(F)(F)F)cc2)nc1[CH]c1ccc(-c2ccccc2)cc1. The van der Waals surface area contributed by atoms with Gasteiger partial charge in [0.05, 0.1) is 11.3 Å². The van der Waals surface area contributed by atoms with Crippen molar-refractivity contribution in [3.63, 3.8) is 0 Å². The number of hydrogen-bond acceptors (Lipinski definition) is 2. The quantitative estimate of drug-likeness (QED) is 0.376. The van der Waals surface area contributed by atoms with Gasteiger partial charge in [-0.1, -0.05) is 54.6 Å². The Morgan fingerprint density at radius 2 is 1.34 bits per heavy atom. The van der Waals surface area contributed by atoms with E-state index < -0.39 is 11.7 Å². The molecule has 0 fully saturated rings. The molecule has 0 saturated carbocycles. The summed E-state index contributed by atoms with van der Waals surface area (Å²) in [6.07, 6.45) is -2.48. The Balaban J connectivity index is 1.53. The molecule has 0 bridgehead atoms. The second kappa shape index (κ2) is 7.59. The predicted octanol–water partition coefficient (Wildman–Crippen LogP) is 6.94. The van der Waals surface area contributed by atoms with E-state index in [9.17, 15) is 13.2 Å². The normalized spacial score (nSPS) is 11.6. The van der Waals surface area contributed by atoms with Crippen molar-refractivity contribution in [2.24, 2.45) is 0 Å². The Kier molecular flexibility index (Phi) is 4.97. The molecule has 4 rings (SSSR count). The Morgan fingerprint density at radius 3 is 1.97 bits per heavy atom. The van der Waals surface area contributed by atoms with Gasteiger partial charge in [-0.2, -0.15) is 13.2 Å². The molecule has 0 aliphatic rings. The Morgan fingerprint density at radius 1 is 0.759 bits per heavy atom. The highest BCUT2D eigenvalue weighted by atomic mass is 19.4. The molecule has 145 valence electrons. The van der Waals surface area contributed by atoms with Gasteiger partial charge in [-0.05, 0) is 47.9 Å². The van der Waals surface area contributed by atoms with Crippen molar-refractivity contribution >= 4 is 0 Å². The molecule has 0 aliphatic carbocycles. The van der Waals surface area contributed by atoms with Gasteiger partial charge in [0.1, 0.15) is 5.76 Å². The van der Waals surface area contributed by atoms with Crippen molar-refractivity contribution in [2.45, 2.75) is 13.1 Å². The number of aromatic nitrogens is 1. The molecule has 1 radical (unpaired) electrons. The predicted molar refractivity (Wildman–Crippen MR) is 106 cm³/mol. The maximum absolute atomic E-state index is 12.7. The molecule has 0 spiro atoms. The van der Waals surface area contributed by atoms with Gasteiger partial charge in [0, 0.05) is 12.0 Å². The third-order valence-corrected chi connectivity index (χ3v) is 4.61. The third kappa shape index (κ3) is 4.24. The zero-order valence-electron chi connectivity index (χ0n) is 15.6. The van der Waals surface area contributed by atoms with Crippen LogP contribution >= 0.6 is 0 Å². The van der Waals surface area contributed by atoms with E-state index in [0.29, 0.717) is 22.9 Å². The van der Waals surface area contributed by atoms with Crippen LogP contribution in [0.15, 0.2) is 83.3 Å². The van der Waals surface area contributed by atoms with Crippen LogP contribution in [0.3, 0.4) is 0 Å². The monoisotopic (exact) mass is 392 g/mol. The number of rotatable bonds is 4. The molecule has 4 aromatic rings. The Bertz CT molecular complexity index is 1100. The molecular formula is C24H17F3NO. The first kappa shape index (κ1) is 19.0. The molecule has 5 heteroatoms. The second-order valence-electron chi connectivity index (χ2n) is 6.67. The van der Waals surface area contributed by atoms with E-state index in [1.165, 1.54) is 12.1 Å². The van der Waals surface area contributed by atoms with Crippen LogP contribution < -0.4 is 0 Å². The lowest BCUT2D eigenvalue weighted by Gasteiger charge is -2.06. The van der Waals surface area contributed by atoms with Crippen LogP contribution in [0.25, 0.3) is 22.6 Å². The molecule has 0 amide bonds. The summed E-state index contributed by atoms with van der Waals surface area (Å²) in [4.78, 5) is 4.44. The van der Waals surface area contributed by atoms with Gasteiger partial charge >= 0.3 is 6.18 Å². The van der Waals surface area contributed by atoms with E-state index >= 15 is 0 Å². The Hall–Kier alpha value is -3.34.